The molecular formula is C29H45N7O. The van der Waals surface area contributed by atoms with Crippen molar-refractivity contribution in [1.82, 2.24) is 15.2 Å². The molecule has 0 radical (unpaired) electrons. The molecule has 1 aromatic rings. The quantitative estimate of drug-likeness (QED) is 0.394. The highest BCUT2D eigenvalue weighted by Gasteiger charge is 2.45. The minimum Gasteiger partial charge on any atom is -0.387 e. The van der Waals surface area contributed by atoms with Gasteiger partial charge < -0.3 is 31.1 Å². The molecule has 5 rings (SSSR count). The van der Waals surface area contributed by atoms with E-state index in [4.69, 9.17) is 15.6 Å². The zero-order valence-electron chi connectivity index (χ0n) is 23.0. The zero-order chi connectivity index (χ0) is 26.0. The maximum Gasteiger partial charge on any atom is 0.136 e. The summed E-state index contributed by atoms with van der Waals surface area (Å²) in [5.74, 6) is 1.56. The largest absolute Gasteiger partial charge is 0.387 e. The lowest BCUT2D eigenvalue weighted by Crippen LogP contribution is -2.54. The van der Waals surface area contributed by atoms with Crippen molar-refractivity contribution in [3.8, 4) is 0 Å². The lowest BCUT2D eigenvalue weighted by atomic mass is 9.60. The van der Waals surface area contributed by atoms with Gasteiger partial charge in [-0.05, 0) is 63.4 Å². The van der Waals surface area contributed by atoms with E-state index in [1.807, 2.05) is 20.9 Å². The molecule has 3 unspecified atom stereocenters. The van der Waals surface area contributed by atoms with Crippen molar-refractivity contribution in [1.29, 1.82) is 10.8 Å². The predicted octanol–water partition coefficient (Wildman–Crippen LogP) is 4.19. The van der Waals surface area contributed by atoms with Crippen LogP contribution in [0.2, 0.25) is 0 Å². The van der Waals surface area contributed by atoms with Gasteiger partial charge in [-0.2, -0.15) is 0 Å². The number of hydrogen-bond donors (Lipinski definition) is 4. The van der Waals surface area contributed by atoms with Crippen LogP contribution in [0.5, 0.6) is 0 Å². The van der Waals surface area contributed by atoms with Gasteiger partial charge in [0.05, 0.1) is 24.5 Å². The van der Waals surface area contributed by atoms with Crippen LogP contribution >= 0.6 is 0 Å². The minimum atomic E-state index is 0.397. The Balaban J connectivity index is 1.29. The van der Waals surface area contributed by atoms with Crippen LogP contribution < -0.4 is 15.5 Å². The lowest BCUT2D eigenvalue weighted by Gasteiger charge is -2.52. The third kappa shape index (κ3) is 5.41. The third-order valence-corrected chi connectivity index (χ3v) is 9.37. The van der Waals surface area contributed by atoms with E-state index in [1.54, 1.807) is 0 Å². The van der Waals surface area contributed by atoms with Gasteiger partial charge in [0.1, 0.15) is 5.82 Å². The number of aryl methyl sites for hydroxylation is 1. The van der Waals surface area contributed by atoms with Crippen LogP contribution in [-0.2, 0) is 4.74 Å². The van der Waals surface area contributed by atoms with Gasteiger partial charge >= 0.3 is 0 Å². The molecule has 8 heteroatoms. The predicted molar refractivity (Wildman–Crippen MR) is 151 cm³/mol. The summed E-state index contributed by atoms with van der Waals surface area (Å²) in [6.07, 6.45) is 10.3. The molecule has 2 aliphatic heterocycles. The first-order valence-corrected chi connectivity index (χ1v) is 14.2. The second-order valence-corrected chi connectivity index (χ2v) is 11.7. The van der Waals surface area contributed by atoms with Gasteiger partial charge in [-0.3, -0.25) is 4.90 Å². The first-order chi connectivity index (χ1) is 17.9. The molecule has 4 N–H and O–H groups in total. The molecule has 1 aromatic heterocycles. The molecule has 1 saturated heterocycles. The first kappa shape index (κ1) is 26.2. The number of rotatable bonds is 8. The molecule has 0 amide bonds. The maximum atomic E-state index is 8.58. The van der Waals surface area contributed by atoms with E-state index in [2.05, 4.69) is 31.5 Å². The van der Waals surface area contributed by atoms with E-state index >= 15 is 0 Å². The van der Waals surface area contributed by atoms with E-state index in [-0.39, 0.29) is 0 Å². The van der Waals surface area contributed by atoms with Gasteiger partial charge in [-0.1, -0.05) is 6.42 Å². The third-order valence-electron chi connectivity index (χ3n) is 9.37. The highest BCUT2D eigenvalue weighted by atomic mass is 16.5. The van der Waals surface area contributed by atoms with E-state index in [9.17, 15) is 0 Å². The minimum absolute atomic E-state index is 0.397. The lowest BCUT2D eigenvalue weighted by molar-refractivity contribution is -0.0431. The summed E-state index contributed by atoms with van der Waals surface area (Å²) < 4.78 is 5.62. The highest BCUT2D eigenvalue weighted by Crippen LogP contribution is 2.50. The van der Waals surface area contributed by atoms with Crippen LogP contribution in [0.15, 0.2) is 17.3 Å². The fourth-order valence-electron chi connectivity index (χ4n) is 7.45. The summed E-state index contributed by atoms with van der Waals surface area (Å²) in [5, 5.41) is 23.6. The molecular weight excluding hydrogens is 462 g/mol. The monoisotopic (exact) mass is 507 g/mol. The number of hydrogen-bond acceptors (Lipinski definition) is 8. The molecule has 37 heavy (non-hydrogen) atoms. The van der Waals surface area contributed by atoms with Crippen molar-refractivity contribution in [2.45, 2.75) is 64.8 Å². The van der Waals surface area contributed by atoms with Crippen LogP contribution in [0.3, 0.4) is 0 Å². The van der Waals surface area contributed by atoms with Gasteiger partial charge in [0, 0.05) is 81.1 Å². The van der Waals surface area contributed by atoms with E-state index < -0.39 is 0 Å². The number of fused-ring (bicyclic) bond motifs is 2. The van der Waals surface area contributed by atoms with E-state index in [1.165, 1.54) is 50.4 Å². The van der Waals surface area contributed by atoms with Crippen molar-refractivity contribution in [3.05, 3.63) is 28.6 Å². The summed E-state index contributed by atoms with van der Waals surface area (Å²) in [6, 6.07) is 2.82. The molecule has 2 aliphatic carbocycles. The number of nitrogens with zero attached hydrogens (tertiary/aromatic N) is 3. The van der Waals surface area contributed by atoms with Crippen LogP contribution in [0, 0.1) is 29.1 Å². The number of aromatic nitrogens is 1. The topological polar surface area (TPSA) is 100 Å². The molecule has 3 heterocycles. The standard InChI is InChI=1S/C29H45N7O/c1-20-15-27(23(17-30)28(32-3)34-20)36-10-7-25(24(18-36)21(2)31)33-19-29-8-4-5-22(16-29)26(6-9-29)35-11-13-37-14-12-35/h15,17,22,26,30-31,33H,4-14,16,18-19H2,1-3H3,(H,32,34). The number of ether oxygens (including phenoxy) is 1. The van der Waals surface area contributed by atoms with Gasteiger partial charge in [0.2, 0.25) is 0 Å². The average molecular weight is 508 g/mol. The molecule has 4 aliphatic rings. The van der Waals surface area contributed by atoms with Crippen molar-refractivity contribution in [3.63, 3.8) is 0 Å². The summed E-state index contributed by atoms with van der Waals surface area (Å²) in [6.45, 7) is 10.5. The highest BCUT2D eigenvalue weighted by molar-refractivity contribution is 5.98. The fourth-order valence-corrected chi connectivity index (χ4v) is 7.45. The molecule has 202 valence electrons. The van der Waals surface area contributed by atoms with Gasteiger partial charge in [0.15, 0.2) is 0 Å². The SMILES string of the molecule is CNc1nc(C)cc(N2CCC(NCC34CCCC(C3)C(N3CCOCC3)CC4)=C(C(C)=N)C2)c1C=N. The maximum absolute atomic E-state index is 8.58. The fraction of sp³-hybridized carbons (Fsp3) is 0.690. The molecule has 2 bridgehead atoms. The Labute approximate surface area is 222 Å². The number of anilines is 2. The zero-order valence-corrected chi connectivity index (χ0v) is 23.0. The van der Waals surface area contributed by atoms with Crippen molar-refractivity contribution >= 4 is 23.4 Å². The second-order valence-electron chi connectivity index (χ2n) is 11.7. The summed E-state index contributed by atoms with van der Waals surface area (Å²) in [4.78, 5) is 9.60. The summed E-state index contributed by atoms with van der Waals surface area (Å²) in [5.41, 5.74) is 6.17. The molecule has 3 fully saturated rings. The Bertz CT molecular complexity index is 1050. The van der Waals surface area contributed by atoms with Gasteiger partial charge in [0.25, 0.3) is 0 Å². The second kappa shape index (κ2) is 11.1. The molecule has 8 nitrogen and oxygen atoms in total. The summed E-state index contributed by atoms with van der Waals surface area (Å²) in [7, 11) is 1.85. The molecule has 2 saturated carbocycles. The van der Waals surface area contributed by atoms with Gasteiger partial charge in [-0.15, -0.1) is 0 Å². The normalized spacial score (nSPS) is 28.7. The Morgan fingerprint density at radius 2 is 2.05 bits per heavy atom. The number of morpholine rings is 1. The Morgan fingerprint density at radius 1 is 1.24 bits per heavy atom. The number of pyridine rings is 1. The molecule has 0 spiro atoms. The Kier molecular flexibility index (Phi) is 7.86. The molecule has 3 atom stereocenters. The average Bonchev–Trinajstić information content (AvgIpc) is 2.92. The van der Waals surface area contributed by atoms with Crippen molar-refractivity contribution in [2.24, 2.45) is 11.3 Å². The van der Waals surface area contributed by atoms with Crippen LogP contribution in [0.25, 0.3) is 0 Å². The van der Waals surface area contributed by atoms with Crippen LogP contribution in [0.1, 0.15) is 63.1 Å². The Morgan fingerprint density at radius 3 is 2.78 bits per heavy atom. The van der Waals surface area contributed by atoms with Crippen LogP contribution in [0.4, 0.5) is 11.5 Å². The smallest absolute Gasteiger partial charge is 0.136 e. The van der Waals surface area contributed by atoms with E-state index in [0.29, 0.717) is 17.7 Å². The summed E-state index contributed by atoms with van der Waals surface area (Å²) >= 11 is 0. The van der Waals surface area contributed by atoms with Crippen molar-refractivity contribution < 1.29 is 4.74 Å². The van der Waals surface area contributed by atoms with Crippen molar-refractivity contribution in [2.75, 3.05) is 63.2 Å². The molecule has 0 aromatic carbocycles. The van der Waals surface area contributed by atoms with E-state index in [0.717, 1.165) is 86.1 Å². The van der Waals surface area contributed by atoms with Crippen LogP contribution in [-0.4, -0.2) is 80.8 Å². The Hall–Kier alpha value is -2.45. The van der Waals surface area contributed by atoms with Gasteiger partial charge in [-0.25, -0.2) is 4.98 Å². The first-order valence-electron chi connectivity index (χ1n) is 14.2. The number of nitrogens with one attached hydrogen (secondary N) is 4.